The van der Waals surface area contributed by atoms with Gasteiger partial charge in [0.25, 0.3) is 5.88 Å². The molecule has 1 saturated carbocycles. The third kappa shape index (κ3) is 6.86. The van der Waals surface area contributed by atoms with E-state index in [2.05, 4.69) is 44.7 Å². The van der Waals surface area contributed by atoms with Gasteiger partial charge in [-0.25, -0.2) is 0 Å². The first kappa shape index (κ1) is 41.4. The van der Waals surface area contributed by atoms with Crippen LogP contribution in [0, 0.1) is 17.8 Å². The fourth-order valence-corrected chi connectivity index (χ4v) is 10.5. The molecule has 0 amide bonds. The minimum atomic E-state index is -2.92. The van der Waals surface area contributed by atoms with E-state index < -0.39 is 49.3 Å². The smallest absolute Gasteiger partial charge is 0.265 e. The summed E-state index contributed by atoms with van der Waals surface area (Å²) in [4.78, 5) is 51.2. The molecule has 1 unspecified atom stereocenters. The van der Waals surface area contributed by atoms with E-state index in [1.54, 1.807) is 13.2 Å². The van der Waals surface area contributed by atoms with Gasteiger partial charge in [0.1, 0.15) is 30.3 Å². The molecule has 0 N–H and O–H groups in total. The topological polar surface area (TPSA) is 121 Å². The standard InChI is InChI=1S/C46H57N3O8Si/c1-11-49(12-2)38-31-23-30-24-32-39(48(6)7)41-37(44(47-56-41)55-27-29-21-17-14-18-22-29)43(52)46(32,57-58(9,10)45(3,4)5)42(51)35(30)40(50)36(31)33(25-34(38)53-8)54-26-28-19-15-13-16-20-28/h13-22,25,30,32,35,39H,11-12,23-24,26-27H2,1-10H3/t30-,32-,35?,39-,46-/m0/s1. The Bertz CT molecular complexity index is 2180. The first-order valence-corrected chi connectivity index (χ1v) is 23.3. The lowest BCUT2D eigenvalue weighted by Gasteiger charge is -2.56. The maximum absolute atomic E-state index is 16.0. The molecule has 1 aromatic heterocycles. The zero-order valence-electron chi connectivity index (χ0n) is 35.5. The molecule has 0 aliphatic heterocycles. The Labute approximate surface area is 343 Å². The van der Waals surface area contributed by atoms with Crippen molar-refractivity contribution < 1.29 is 37.5 Å². The number of Topliss-reactive ketones (excluding diaryl/α,β-unsaturated/α-hetero) is 3. The Kier molecular flexibility index (Phi) is 11.2. The number of aromatic nitrogens is 1. The number of methoxy groups -OCH3 is 1. The largest absolute Gasteiger partial charge is 0.494 e. The Morgan fingerprint density at radius 3 is 2.03 bits per heavy atom. The average molecular weight is 808 g/mol. The number of carbonyl (C=O) groups is 3. The number of benzene rings is 3. The van der Waals surface area contributed by atoms with E-state index in [0.29, 0.717) is 48.8 Å². The summed E-state index contributed by atoms with van der Waals surface area (Å²) in [5.74, 6) is -2.42. The van der Waals surface area contributed by atoms with E-state index in [1.165, 1.54) is 0 Å². The third-order valence-electron chi connectivity index (χ3n) is 13.0. The second-order valence-electron chi connectivity index (χ2n) is 17.6. The van der Waals surface area contributed by atoms with Crippen LogP contribution >= 0.6 is 0 Å². The van der Waals surface area contributed by atoms with Crippen LogP contribution in [0.2, 0.25) is 18.1 Å². The fourth-order valence-electron chi connectivity index (χ4n) is 9.09. The van der Waals surface area contributed by atoms with Crippen LogP contribution in [0.4, 0.5) is 5.69 Å². The van der Waals surface area contributed by atoms with Crippen LogP contribution in [-0.4, -0.2) is 75.6 Å². The lowest BCUT2D eigenvalue weighted by atomic mass is 9.54. The van der Waals surface area contributed by atoms with Gasteiger partial charge in [0, 0.05) is 25.1 Å². The van der Waals surface area contributed by atoms with Gasteiger partial charge in [-0.1, -0.05) is 81.4 Å². The van der Waals surface area contributed by atoms with Crippen molar-refractivity contribution >= 4 is 31.4 Å². The summed E-state index contributed by atoms with van der Waals surface area (Å²) in [6.45, 7) is 16.2. The Balaban J connectivity index is 1.41. The van der Waals surface area contributed by atoms with Gasteiger partial charge >= 0.3 is 0 Å². The van der Waals surface area contributed by atoms with Gasteiger partial charge in [-0.05, 0) is 86.7 Å². The summed E-state index contributed by atoms with van der Waals surface area (Å²) in [7, 11) is 2.53. The molecule has 0 radical (unpaired) electrons. The molecule has 58 heavy (non-hydrogen) atoms. The normalized spacial score (nSPS) is 22.8. The van der Waals surface area contributed by atoms with Gasteiger partial charge in [-0.2, -0.15) is 0 Å². The van der Waals surface area contributed by atoms with E-state index in [1.807, 2.05) is 92.8 Å². The van der Waals surface area contributed by atoms with E-state index >= 15 is 14.4 Å². The monoisotopic (exact) mass is 807 g/mol. The number of ether oxygens (including phenoxy) is 3. The van der Waals surface area contributed by atoms with Crippen LogP contribution in [0.5, 0.6) is 17.4 Å². The highest BCUT2D eigenvalue weighted by Crippen LogP contribution is 2.59. The number of nitrogens with zero attached hydrogens (tertiary/aromatic N) is 3. The van der Waals surface area contributed by atoms with Crippen LogP contribution in [0.3, 0.4) is 0 Å². The highest BCUT2D eigenvalue weighted by Gasteiger charge is 2.70. The summed E-state index contributed by atoms with van der Waals surface area (Å²) in [5, 5.41) is 3.94. The van der Waals surface area contributed by atoms with Crippen LogP contribution in [-0.2, 0) is 28.9 Å². The quantitative estimate of drug-likeness (QED) is 0.0955. The molecule has 1 heterocycles. The number of rotatable bonds is 13. The van der Waals surface area contributed by atoms with Gasteiger partial charge in [0.2, 0.25) is 5.78 Å². The lowest BCUT2D eigenvalue weighted by molar-refractivity contribution is -0.151. The fraction of sp³-hybridized carbons (Fsp3) is 0.478. The van der Waals surface area contributed by atoms with Crippen molar-refractivity contribution in [1.29, 1.82) is 0 Å². The zero-order chi connectivity index (χ0) is 41.7. The predicted molar refractivity (Wildman–Crippen MR) is 225 cm³/mol. The van der Waals surface area contributed by atoms with Crippen molar-refractivity contribution in [2.45, 2.75) is 90.4 Å². The third-order valence-corrected chi connectivity index (χ3v) is 17.4. The summed E-state index contributed by atoms with van der Waals surface area (Å²) in [6, 6.07) is 20.5. The SMILES string of the molecule is CCN(CC)c1c(OC)cc(OCc2ccccc2)c2c1C[C@H]1C[C@H]3[C@H](N(C)C)c4onc(OCc5ccccc5)c4C(=O)[C@@]3(O[Si](C)(C)C(C)(C)C)C(=O)C1C2=O. The van der Waals surface area contributed by atoms with Crippen molar-refractivity contribution in [3.8, 4) is 17.4 Å². The number of fused-ring (bicyclic) bond motifs is 4. The molecule has 1 fully saturated rings. The molecule has 5 atom stereocenters. The summed E-state index contributed by atoms with van der Waals surface area (Å²) >= 11 is 0. The summed E-state index contributed by atoms with van der Waals surface area (Å²) in [5.41, 5.74) is 1.88. The number of carbonyl (C=O) groups excluding carboxylic acids is 3. The van der Waals surface area contributed by atoms with E-state index in [9.17, 15) is 0 Å². The van der Waals surface area contributed by atoms with E-state index in [-0.39, 0.29) is 35.5 Å². The first-order chi connectivity index (χ1) is 27.6. The van der Waals surface area contributed by atoms with Crippen LogP contribution in [0.1, 0.15) is 90.2 Å². The second kappa shape index (κ2) is 15.8. The maximum Gasteiger partial charge on any atom is 0.265 e. The van der Waals surface area contributed by atoms with Gasteiger partial charge < -0.3 is 28.1 Å². The molecule has 3 aromatic carbocycles. The molecule has 0 bridgehead atoms. The van der Waals surface area contributed by atoms with Crippen LogP contribution in [0.25, 0.3) is 0 Å². The molecular formula is C46H57N3O8Si. The molecular weight excluding hydrogens is 751 g/mol. The highest BCUT2D eigenvalue weighted by atomic mass is 28.4. The number of ketones is 3. The van der Waals surface area contributed by atoms with Crippen molar-refractivity contribution in [3.63, 3.8) is 0 Å². The minimum Gasteiger partial charge on any atom is -0.494 e. The van der Waals surface area contributed by atoms with Crippen molar-refractivity contribution in [2.24, 2.45) is 17.8 Å². The van der Waals surface area contributed by atoms with E-state index in [0.717, 1.165) is 22.4 Å². The molecule has 0 saturated heterocycles. The molecule has 3 aliphatic carbocycles. The van der Waals surface area contributed by atoms with Crippen LogP contribution in [0.15, 0.2) is 71.3 Å². The number of hydrogen-bond acceptors (Lipinski definition) is 11. The van der Waals surface area contributed by atoms with Gasteiger partial charge in [0.05, 0.1) is 30.3 Å². The summed E-state index contributed by atoms with van der Waals surface area (Å²) < 4.78 is 32.1. The Hall–Kier alpha value is -4.78. The number of anilines is 1. The molecule has 12 heteroatoms. The molecule has 4 aromatic rings. The highest BCUT2D eigenvalue weighted by molar-refractivity contribution is 6.74. The molecule has 7 rings (SSSR count). The van der Waals surface area contributed by atoms with Crippen LogP contribution < -0.4 is 19.1 Å². The van der Waals surface area contributed by atoms with E-state index in [4.69, 9.17) is 23.2 Å². The molecule has 11 nitrogen and oxygen atoms in total. The lowest BCUT2D eigenvalue weighted by Crippen LogP contribution is -2.70. The molecule has 0 spiro atoms. The Morgan fingerprint density at radius 2 is 1.48 bits per heavy atom. The van der Waals surface area contributed by atoms with Gasteiger partial charge in [0.15, 0.2) is 31.2 Å². The second-order valence-corrected chi connectivity index (χ2v) is 22.3. The average Bonchev–Trinajstić information content (AvgIpc) is 3.61. The molecule has 308 valence electrons. The number of hydrogen-bond donors (Lipinski definition) is 0. The minimum absolute atomic E-state index is 0.00940. The van der Waals surface area contributed by atoms with Crippen molar-refractivity contribution in [1.82, 2.24) is 10.1 Å². The maximum atomic E-state index is 16.0. The van der Waals surface area contributed by atoms with Gasteiger partial charge in [-0.15, -0.1) is 0 Å². The van der Waals surface area contributed by atoms with Gasteiger partial charge in [-0.3, -0.25) is 19.3 Å². The Morgan fingerprint density at radius 1 is 0.879 bits per heavy atom. The first-order valence-electron chi connectivity index (χ1n) is 20.4. The van der Waals surface area contributed by atoms with Crippen molar-refractivity contribution in [2.75, 3.05) is 39.2 Å². The zero-order valence-corrected chi connectivity index (χ0v) is 36.5. The molecule has 3 aliphatic rings. The predicted octanol–water partition coefficient (Wildman–Crippen LogP) is 8.51. The summed E-state index contributed by atoms with van der Waals surface area (Å²) in [6.07, 6.45) is 0.748. The van der Waals surface area contributed by atoms with Crippen molar-refractivity contribution in [3.05, 3.63) is 100 Å².